The van der Waals surface area contributed by atoms with Crippen molar-refractivity contribution in [2.45, 2.75) is 66.8 Å². The monoisotopic (exact) mass is 261 g/mol. The average molecular weight is 261 g/mol. The molecule has 0 bridgehead atoms. The fourth-order valence-electron chi connectivity index (χ4n) is 3.57. The first-order valence-electron chi connectivity index (χ1n) is 7.45. The molecule has 1 aliphatic rings. The van der Waals surface area contributed by atoms with Crippen LogP contribution in [0.3, 0.4) is 0 Å². The summed E-state index contributed by atoms with van der Waals surface area (Å²) in [5.74, 6) is 1.00. The molecule has 1 aromatic heterocycles. The van der Waals surface area contributed by atoms with Gasteiger partial charge in [0.25, 0.3) is 0 Å². The van der Waals surface area contributed by atoms with Gasteiger partial charge in [0.05, 0.1) is 0 Å². The molecule has 1 heterocycles. The standard InChI is InChI=1S/C17H27NO/c1-11(2)7-12(3)18-13(4)8-14-15(18)9-17(5,6)10-16(14)19/h8,11-12H,7,9-10H2,1-6H3. The van der Waals surface area contributed by atoms with Crippen molar-refractivity contribution in [3.05, 3.63) is 23.0 Å². The average Bonchev–Trinajstić information content (AvgIpc) is 2.52. The van der Waals surface area contributed by atoms with Gasteiger partial charge in [-0.05, 0) is 44.1 Å². The summed E-state index contributed by atoms with van der Waals surface area (Å²) >= 11 is 0. The van der Waals surface area contributed by atoms with E-state index in [9.17, 15) is 4.79 Å². The van der Waals surface area contributed by atoms with Crippen LogP contribution < -0.4 is 0 Å². The van der Waals surface area contributed by atoms with Crippen LogP contribution >= 0.6 is 0 Å². The molecule has 1 atom stereocenters. The fraction of sp³-hybridized carbons (Fsp3) is 0.706. The first kappa shape index (κ1) is 14.4. The third-order valence-electron chi connectivity index (χ3n) is 4.17. The smallest absolute Gasteiger partial charge is 0.165 e. The highest BCUT2D eigenvalue weighted by Gasteiger charge is 2.34. The van der Waals surface area contributed by atoms with Crippen LogP contribution in [0.15, 0.2) is 6.07 Å². The molecule has 0 fully saturated rings. The van der Waals surface area contributed by atoms with Crippen molar-refractivity contribution in [3.8, 4) is 0 Å². The van der Waals surface area contributed by atoms with E-state index < -0.39 is 0 Å². The van der Waals surface area contributed by atoms with Crippen molar-refractivity contribution < 1.29 is 4.79 Å². The maximum absolute atomic E-state index is 12.3. The minimum Gasteiger partial charge on any atom is -0.345 e. The Balaban J connectivity index is 2.44. The zero-order chi connectivity index (χ0) is 14.4. The number of rotatable bonds is 3. The quantitative estimate of drug-likeness (QED) is 0.782. The third-order valence-corrected chi connectivity index (χ3v) is 4.17. The van der Waals surface area contributed by atoms with Crippen LogP contribution in [0.2, 0.25) is 0 Å². The Morgan fingerprint density at radius 3 is 2.47 bits per heavy atom. The molecule has 1 aliphatic carbocycles. The van der Waals surface area contributed by atoms with Gasteiger partial charge < -0.3 is 4.57 Å². The number of fused-ring (bicyclic) bond motifs is 1. The number of carbonyl (C=O) groups is 1. The number of hydrogen-bond donors (Lipinski definition) is 0. The second kappa shape index (κ2) is 4.81. The molecular weight excluding hydrogens is 234 g/mol. The molecule has 0 aliphatic heterocycles. The van der Waals surface area contributed by atoms with E-state index in [2.05, 4.69) is 52.2 Å². The third kappa shape index (κ3) is 2.77. The summed E-state index contributed by atoms with van der Waals surface area (Å²) in [6, 6.07) is 2.58. The van der Waals surface area contributed by atoms with Crippen LogP contribution in [0.25, 0.3) is 0 Å². The van der Waals surface area contributed by atoms with E-state index in [-0.39, 0.29) is 5.41 Å². The van der Waals surface area contributed by atoms with Gasteiger partial charge in [0.2, 0.25) is 0 Å². The maximum Gasteiger partial charge on any atom is 0.165 e. The molecule has 0 saturated heterocycles. The molecule has 0 N–H and O–H groups in total. The SMILES string of the molecule is Cc1cc2c(n1C(C)CC(C)C)CC(C)(C)CC2=O. The molecule has 1 aromatic rings. The molecule has 1 unspecified atom stereocenters. The van der Waals surface area contributed by atoms with E-state index in [1.807, 2.05) is 0 Å². The number of Topliss-reactive ketones (excluding diaryl/α,β-unsaturated/α-hetero) is 1. The van der Waals surface area contributed by atoms with Gasteiger partial charge in [-0.1, -0.05) is 27.7 Å². The van der Waals surface area contributed by atoms with Gasteiger partial charge in [0, 0.05) is 29.4 Å². The molecule has 2 heteroatoms. The van der Waals surface area contributed by atoms with Gasteiger partial charge in [-0.3, -0.25) is 4.79 Å². The van der Waals surface area contributed by atoms with Gasteiger partial charge in [0.15, 0.2) is 5.78 Å². The van der Waals surface area contributed by atoms with Gasteiger partial charge in [-0.25, -0.2) is 0 Å². The molecule has 106 valence electrons. The van der Waals surface area contributed by atoms with E-state index in [1.54, 1.807) is 0 Å². The fourth-order valence-corrected chi connectivity index (χ4v) is 3.57. The van der Waals surface area contributed by atoms with Gasteiger partial charge >= 0.3 is 0 Å². The predicted octanol–water partition coefficient (Wildman–Crippen LogP) is 4.56. The normalized spacial score (nSPS) is 19.6. The van der Waals surface area contributed by atoms with Gasteiger partial charge in [-0.2, -0.15) is 0 Å². The predicted molar refractivity (Wildman–Crippen MR) is 79.8 cm³/mol. The number of nitrogens with zero attached hydrogens (tertiary/aromatic N) is 1. The summed E-state index contributed by atoms with van der Waals surface area (Å²) in [5, 5.41) is 0. The molecule has 2 rings (SSSR count). The summed E-state index contributed by atoms with van der Waals surface area (Å²) in [7, 11) is 0. The van der Waals surface area contributed by atoms with Gasteiger partial charge in [0.1, 0.15) is 0 Å². The zero-order valence-electron chi connectivity index (χ0n) is 13.2. The molecular formula is C17H27NO. The molecule has 0 saturated carbocycles. The highest BCUT2D eigenvalue weighted by atomic mass is 16.1. The van der Waals surface area contributed by atoms with E-state index in [0.29, 0.717) is 24.2 Å². The Labute approximate surface area is 117 Å². The number of ketones is 1. The molecule has 0 amide bonds. The van der Waals surface area contributed by atoms with E-state index in [1.165, 1.54) is 11.4 Å². The maximum atomic E-state index is 12.3. The van der Waals surface area contributed by atoms with Crippen molar-refractivity contribution in [2.75, 3.05) is 0 Å². The Kier molecular flexibility index (Phi) is 3.63. The highest BCUT2D eigenvalue weighted by molar-refractivity contribution is 5.99. The molecule has 0 spiro atoms. The van der Waals surface area contributed by atoms with Crippen molar-refractivity contribution >= 4 is 5.78 Å². The van der Waals surface area contributed by atoms with Crippen molar-refractivity contribution in [2.24, 2.45) is 11.3 Å². The second-order valence-electron chi connectivity index (χ2n) is 7.44. The van der Waals surface area contributed by atoms with Crippen LogP contribution in [0.1, 0.15) is 75.2 Å². The summed E-state index contributed by atoms with van der Waals surface area (Å²) < 4.78 is 2.41. The van der Waals surface area contributed by atoms with Crippen LogP contribution in [0.4, 0.5) is 0 Å². The first-order valence-corrected chi connectivity index (χ1v) is 7.45. The molecule has 19 heavy (non-hydrogen) atoms. The van der Waals surface area contributed by atoms with Gasteiger partial charge in [-0.15, -0.1) is 0 Å². The lowest BCUT2D eigenvalue weighted by atomic mass is 9.76. The van der Waals surface area contributed by atoms with Crippen LogP contribution in [0.5, 0.6) is 0 Å². The van der Waals surface area contributed by atoms with E-state index in [0.717, 1.165) is 18.4 Å². The largest absolute Gasteiger partial charge is 0.345 e. The number of hydrogen-bond acceptors (Lipinski definition) is 1. The first-order chi connectivity index (χ1) is 8.71. The molecule has 0 radical (unpaired) electrons. The zero-order valence-corrected chi connectivity index (χ0v) is 13.2. The lowest BCUT2D eigenvalue weighted by molar-refractivity contribution is 0.0909. The Morgan fingerprint density at radius 2 is 1.89 bits per heavy atom. The Morgan fingerprint density at radius 1 is 1.26 bits per heavy atom. The Bertz CT molecular complexity index is 494. The number of aromatic nitrogens is 1. The summed E-state index contributed by atoms with van der Waals surface area (Å²) in [5.41, 5.74) is 3.59. The minimum atomic E-state index is 0.101. The lowest BCUT2D eigenvalue weighted by Gasteiger charge is -2.31. The lowest BCUT2D eigenvalue weighted by Crippen LogP contribution is -2.28. The summed E-state index contributed by atoms with van der Waals surface area (Å²) in [6.45, 7) is 13.3. The second-order valence-corrected chi connectivity index (χ2v) is 7.44. The molecule has 2 nitrogen and oxygen atoms in total. The van der Waals surface area contributed by atoms with Crippen LogP contribution in [-0.2, 0) is 6.42 Å². The summed E-state index contributed by atoms with van der Waals surface area (Å²) in [4.78, 5) is 12.3. The van der Waals surface area contributed by atoms with Crippen molar-refractivity contribution in [1.29, 1.82) is 0 Å². The van der Waals surface area contributed by atoms with Crippen molar-refractivity contribution in [1.82, 2.24) is 4.57 Å². The van der Waals surface area contributed by atoms with E-state index in [4.69, 9.17) is 0 Å². The Hall–Kier alpha value is -1.05. The minimum absolute atomic E-state index is 0.101. The summed E-state index contributed by atoms with van der Waals surface area (Å²) in [6.07, 6.45) is 2.86. The van der Waals surface area contributed by atoms with Crippen LogP contribution in [0, 0.1) is 18.3 Å². The topological polar surface area (TPSA) is 22.0 Å². The number of aryl methyl sites for hydroxylation is 1. The van der Waals surface area contributed by atoms with Crippen molar-refractivity contribution in [3.63, 3.8) is 0 Å². The highest BCUT2D eigenvalue weighted by Crippen LogP contribution is 2.38. The van der Waals surface area contributed by atoms with Crippen LogP contribution in [-0.4, -0.2) is 10.4 Å². The molecule has 0 aromatic carbocycles. The number of carbonyl (C=O) groups excluding carboxylic acids is 1. The van der Waals surface area contributed by atoms with E-state index >= 15 is 0 Å².